The summed E-state index contributed by atoms with van der Waals surface area (Å²) in [4.78, 5) is 18.7. The number of hydrogen-bond acceptors (Lipinski definition) is 4. The van der Waals surface area contributed by atoms with E-state index in [0.29, 0.717) is 29.5 Å². The van der Waals surface area contributed by atoms with Crippen molar-refractivity contribution >= 4 is 11.6 Å². The average molecular weight is 326 g/mol. The third kappa shape index (κ3) is 3.07. The molecule has 1 aliphatic heterocycles. The molecule has 0 fully saturated rings. The van der Waals surface area contributed by atoms with E-state index >= 15 is 0 Å². The number of phenols is 1. The zero-order valence-electron chi connectivity index (χ0n) is 14.2. The molecule has 1 N–H and O–H groups in total. The highest BCUT2D eigenvalue weighted by molar-refractivity contribution is 6.07. The second-order valence-electron chi connectivity index (χ2n) is 6.44. The van der Waals surface area contributed by atoms with Gasteiger partial charge in [0.2, 0.25) is 0 Å². The Labute approximate surface area is 141 Å². The van der Waals surface area contributed by atoms with Crippen LogP contribution < -0.4 is 9.64 Å². The summed E-state index contributed by atoms with van der Waals surface area (Å²) >= 11 is 0. The Hall–Kier alpha value is -2.56. The van der Waals surface area contributed by atoms with Gasteiger partial charge in [-0.1, -0.05) is 19.1 Å². The van der Waals surface area contributed by atoms with Gasteiger partial charge in [-0.05, 0) is 43.9 Å². The molecule has 1 aromatic heterocycles. The SMILES string of the molecule is CC(C)Oc1cncc(C(=O)N2CCC(C)c3cccc(O)c32)c1. The number of aromatic hydroxyl groups is 1. The van der Waals surface area contributed by atoms with Gasteiger partial charge in [-0.25, -0.2) is 0 Å². The lowest BCUT2D eigenvalue weighted by Gasteiger charge is -2.33. The number of aromatic nitrogens is 1. The van der Waals surface area contributed by atoms with E-state index in [-0.39, 0.29) is 17.8 Å². The number of carbonyl (C=O) groups excluding carboxylic acids is 1. The lowest BCUT2D eigenvalue weighted by molar-refractivity contribution is 0.0982. The van der Waals surface area contributed by atoms with Crippen LogP contribution in [0.15, 0.2) is 36.7 Å². The quantitative estimate of drug-likeness (QED) is 0.933. The standard InChI is InChI=1S/C19H22N2O3/c1-12(2)24-15-9-14(10-20-11-15)19(23)21-8-7-13(3)16-5-4-6-17(22)18(16)21/h4-6,9-13,22H,7-8H2,1-3H3. The van der Waals surface area contributed by atoms with Crippen LogP contribution in [0.5, 0.6) is 11.5 Å². The van der Waals surface area contributed by atoms with Gasteiger partial charge < -0.3 is 14.7 Å². The highest BCUT2D eigenvalue weighted by Crippen LogP contribution is 2.41. The first-order valence-corrected chi connectivity index (χ1v) is 8.23. The van der Waals surface area contributed by atoms with Crippen LogP contribution in [0.4, 0.5) is 5.69 Å². The molecule has 5 heteroatoms. The summed E-state index contributed by atoms with van der Waals surface area (Å²) in [5.74, 6) is 0.838. The Morgan fingerprint density at radius 1 is 1.38 bits per heavy atom. The fourth-order valence-electron chi connectivity index (χ4n) is 3.06. The molecule has 1 aliphatic rings. The van der Waals surface area contributed by atoms with Crippen molar-refractivity contribution in [2.24, 2.45) is 0 Å². The third-order valence-corrected chi connectivity index (χ3v) is 4.21. The summed E-state index contributed by atoms with van der Waals surface area (Å²) in [6.45, 7) is 6.53. The van der Waals surface area contributed by atoms with Gasteiger partial charge in [0.25, 0.3) is 5.91 Å². The second-order valence-corrected chi connectivity index (χ2v) is 6.44. The number of anilines is 1. The lowest BCUT2D eigenvalue weighted by Crippen LogP contribution is -2.36. The molecular formula is C19H22N2O3. The van der Waals surface area contributed by atoms with Crippen LogP contribution in [0.2, 0.25) is 0 Å². The number of ether oxygens (including phenoxy) is 1. The van der Waals surface area contributed by atoms with Gasteiger partial charge in [-0.2, -0.15) is 0 Å². The summed E-state index contributed by atoms with van der Waals surface area (Å²) in [7, 11) is 0. The number of para-hydroxylation sites is 1. The molecule has 1 atom stereocenters. The van der Waals surface area contributed by atoms with E-state index in [0.717, 1.165) is 12.0 Å². The molecule has 1 aromatic carbocycles. The lowest BCUT2D eigenvalue weighted by atomic mass is 9.90. The van der Waals surface area contributed by atoms with E-state index in [9.17, 15) is 9.90 Å². The molecule has 3 rings (SSSR count). The van der Waals surface area contributed by atoms with E-state index in [1.165, 1.54) is 6.20 Å². The summed E-state index contributed by atoms with van der Waals surface area (Å²) < 4.78 is 5.62. The zero-order chi connectivity index (χ0) is 17.3. The number of benzene rings is 1. The maximum Gasteiger partial charge on any atom is 0.260 e. The van der Waals surface area contributed by atoms with Crippen LogP contribution in [0.3, 0.4) is 0 Å². The molecule has 5 nitrogen and oxygen atoms in total. The molecule has 2 heterocycles. The monoisotopic (exact) mass is 326 g/mol. The van der Waals surface area contributed by atoms with Crippen LogP contribution in [0, 0.1) is 0 Å². The van der Waals surface area contributed by atoms with E-state index < -0.39 is 0 Å². The zero-order valence-corrected chi connectivity index (χ0v) is 14.2. The molecule has 0 saturated carbocycles. The number of amides is 1. The highest BCUT2D eigenvalue weighted by atomic mass is 16.5. The number of phenolic OH excluding ortho intramolecular Hbond substituents is 1. The summed E-state index contributed by atoms with van der Waals surface area (Å²) in [6, 6.07) is 7.10. The Bertz CT molecular complexity index is 758. The van der Waals surface area contributed by atoms with Crippen LogP contribution in [-0.2, 0) is 0 Å². The molecule has 2 aromatic rings. The Morgan fingerprint density at radius 2 is 2.17 bits per heavy atom. The molecule has 1 amide bonds. The third-order valence-electron chi connectivity index (χ3n) is 4.21. The molecule has 0 radical (unpaired) electrons. The molecule has 1 unspecified atom stereocenters. The number of nitrogens with zero attached hydrogens (tertiary/aromatic N) is 2. The predicted octanol–water partition coefficient (Wildman–Crippen LogP) is 3.73. The van der Waals surface area contributed by atoms with Gasteiger partial charge in [0.1, 0.15) is 11.5 Å². The van der Waals surface area contributed by atoms with Crippen molar-refractivity contribution in [3.8, 4) is 11.5 Å². The van der Waals surface area contributed by atoms with Crippen molar-refractivity contribution in [3.05, 3.63) is 47.8 Å². The predicted molar refractivity (Wildman–Crippen MR) is 92.8 cm³/mol. The molecule has 0 saturated heterocycles. The molecule has 0 bridgehead atoms. The van der Waals surface area contributed by atoms with E-state index in [4.69, 9.17) is 4.74 Å². The number of rotatable bonds is 3. The van der Waals surface area contributed by atoms with Gasteiger partial charge in [0.05, 0.1) is 23.6 Å². The fourth-order valence-corrected chi connectivity index (χ4v) is 3.06. The maximum absolute atomic E-state index is 13.0. The molecule has 126 valence electrons. The van der Waals surface area contributed by atoms with Crippen molar-refractivity contribution in [1.29, 1.82) is 0 Å². The summed E-state index contributed by atoms with van der Waals surface area (Å²) in [5, 5.41) is 10.3. The van der Waals surface area contributed by atoms with Gasteiger partial charge in [-0.3, -0.25) is 9.78 Å². The Kier molecular flexibility index (Phi) is 4.42. The maximum atomic E-state index is 13.0. The number of carbonyl (C=O) groups is 1. The summed E-state index contributed by atoms with van der Waals surface area (Å²) in [6.07, 6.45) is 4.00. The number of pyridine rings is 1. The molecule has 0 aliphatic carbocycles. The van der Waals surface area contributed by atoms with Crippen molar-refractivity contribution < 1.29 is 14.6 Å². The highest BCUT2D eigenvalue weighted by Gasteiger charge is 2.29. The van der Waals surface area contributed by atoms with E-state index in [1.54, 1.807) is 23.2 Å². The molecular weight excluding hydrogens is 304 g/mol. The normalized spacial score (nSPS) is 16.8. The Balaban J connectivity index is 1.96. The van der Waals surface area contributed by atoms with Crippen molar-refractivity contribution in [1.82, 2.24) is 4.98 Å². The Morgan fingerprint density at radius 3 is 2.92 bits per heavy atom. The first kappa shape index (κ1) is 16.3. The van der Waals surface area contributed by atoms with Crippen LogP contribution >= 0.6 is 0 Å². The topological polar surface area (TPSA) is 62.7 Å². The first-order valence-electron chi connectivity index (χ1n) is 8.23. The summed E-state index contributed by atoms with van der Waals surface area (Å²) in [5.41, 5.74) is 2.06. The van der Waals surface area contributed by atoms with Crippen LogP contribution in [0.1, 0.15) is 49.0 Å². The smallest absolute Gasteiger partial charge is 0.260 e. The average Bonchev–Trinajstić information content (AvgIpc) is 2.55. The minimum Gasteiger partial charge on any atom is -0.506 e. The fraction of sp³-hybridized carbons (Fsp3) is 0.368. The van der Waals surface area contributed by atoms with E-state index in [2.05, 4.69) is 11.9 Å². The molecule has 0 spiro atoms. The second kappa shape index (κ2) is 6.51. The largest absolute Gasteiger partial charge is 0.506 e. The van der Waals surface area contributed by atoms with Gasteiger partial charge in [0.15, 0.2) is 0 Å². The van der Waals surface area contributed by atoms with Crippen molar-refractivity contribution in [2.45, 2.75) is 39.2 Å². The van der Waals surface area contributed by atoms with Crippen molar-refractivity contribution in [2.75, 3.05) is 11.4 Å². The first-order chi connectivity index (χ1) is 11.5. The minimum atomic E-state index is -0.175. The van der Waals surface area contributed by atoms with Gasteiger partial charge in [-0.15, -0.1) is 0 Å². The van der Waals surface area contributed by atoms with Crippen LogP contribution in [0.25, 0.3) is 0 Å². The molecule has 24 heavy (non-hydrogen) atoms. The minimum absolute atomic E-state index is 0.0118. The van der Waals surface area contributed by atoms with Gasteiger partial charge >= 0.3 is 0 Å². The number of fused-ring (bicyclic) bond motifs is 1. The van der Waals surface area contributed by atoms with Gasteiger partial charge in [0, 0.05) is 12.7 Å². The van der Waals surface area contributed by atoms with Crippen molar-refractivity contribution in [3.63, 3.8) is 0 Å². The number of hydrogen-bond donors (Lipinski definition) is 1. The van der Waals surface area contributed by atoms with Crippen LogP contribution in [-0.4, -0.2) is 28.6 Å². The van der Waals surface area contributed by atoms with E-state index in [1.807, 2.05) is 26.0 Å².